The van der Waals surface area contributed by atoms with Crippen LogP contribution in [0.25, 0.3) is 0 Å². The van der Waals surface area contributed by atoms with Crippen molar-refractivity contribution < 1.29 is 14.7 Å². The Kier molecular flexibility index (Phi) is 4.68. The van der Waals surface area contributed by atoms with Crippen LogP contribution in [-0.2, 0) is 9.59 Å². The smallest absolute Gasteiger partial charge is 0.311 e. The second kappa shape index (κ2) is 6.12. The summed E-state index contributed by atoms with van der Waals surface area (Å²) in [6.45, 7) is 4.07. The van der Waals surface area contributed by atoms with Crippen molar-refractivity contribution in [2.45, 2.75) is 51.9 Å². The van der Waals surface area contributed by atoms with Gasteiger partial charge < -0.3 is 15.7 Å². The van der Waals surface area contributed by atoms with Crippen molar-refractivity contribution in [3.8, 4) is 0 Å². The van der Waals surface area contributed by atoms with Crippen LogP contribution in [0.5, 0.6) is 0 Å². The molecular weight excluding hydrogens is 256 g/mol. The van der Waals surface area contributed by atoms with E-state index in [4.69, 9.17) is 0 Å². The van der Waals surface area contributed by atoms with E-state index in [-0.39, 0.29) is 17.9 Å². The summed E-state index contributed by atoms with van der Waals surface area (Å²) in [4.78, 5) is 24.0. The van der Waals surface area contributed by atoms with Gasteiger partial charge in [0.25, 0.3) is 0 Å². The molecule has 2 rings (SSSR count). The molecule has 1 saturated carbocycles. The molecule has 5 heteroatoms. The Morgan fingerprint density at radius 2 is 1.70 bits per heavy atom. The fourth-order valence-electron chi connectivity index (χ4n) is 3.60. The van der Waals surface area contributed by atoms with Gasteiger partial charge in [-0.2, -0.15) is 0 Å². The van der Waals surface area contributed by atoms with Crippen molar-refractivity contribution in [1.82, 2.24) is 10.6 Å². The van der Waals surface area contributed by atoms with E-state index in [1.54, 1.807) is 0 Å². The molecule has 0 radical (unpaired) electrons. The minimum atomic E-state index is -0.758. The Morgan fingerprint density at radius 3 is 2.20 bits per heavy atom. The first-order valence-electron chi connectivity index (χ1n) is 7.77. The third-order valence-corrected chi connectivity index (χ3v) is 5.32. The first-order valence-corrected chi connectivity index (χ1v) is 7.77. The molecule has 0 atom stereocenters. The molecule has 5 nitrogen and oxygen atoms in total. The SMILES string of the molecule is CCC1(C(=O)NCC2(C(=O)O)CCCC2)CCNCC1. The van der Waals surface area contributed by atoms with Gasteiger partial charge in [-0.25, -0.2) is 0 Å². The zero-order chi connectivity index (χ0) is 14.6. The topological polar surface area (TPSA) is 78.4 Å². The molecule has 1 heterocycles. The zero-order valence-electron chi connectivity index (χ0n) is 12.3. The largest absolute Gasteiger partial charge is 0.481 e. The number of carboxylic acids is 1. The summed E-state index contributed by atoms with van der Waals surface area (Å²) in [5.41, 5.74) is -1.03. The molecular formula is C15H26N2O3. The maximum atomic E-state index is 12.5. The number of carbonyl (C=O) groups excluding carboxylic acids is 1. The lowest BCUT2D eigenvalue weighted by Gasteiger charge is -2.36. The highest BCUT2D eigenvalue weighted by Gasteiger charge is 2.43. The predicted octanol–water partition coefficient (Wildman–Crippen LogP) is 1.53. The van der Waals surface area contributed by atoms with Gasteiger partial charge in [-0.05, 0) is 45.2 Å². The maximum Gasteiger partial charge on any atom is 0.311 e. The monoisotopic (exact) mass is 282 g/mol. The summed E-state index contributed by atoms with van der Waals surface area (Å²) in [5.74, 6) is -0.708. The number of amides is 1. The fraction of sp³-hybridized carbons (Fsp3) is 0.867. The van der Waals surface area contributed by atoms with E-state index in [0.717, 1.165) is 45.2 Å². The molecule has 1 aliphatic heterocycles. The number of rotatable bonds is 5. The molecule has 2 aliphatic rings. The highest BCUT2D eigenvalue weighted by atomic mass is 16.4. The zero-order valence-corrected chi connectivity index (χ0v) is 12.3. The van der Waals surface area contributed by atoms with Crippen molar-refractivity contribution in [3.05, 3.63) is 0 Å². The fourth-order valence-corrected chi connectivity index (χ4v) is 3.60. The molecule has 1 aliphatic carbocycles. The van der Waals surface area contributed by atoms with Crippen molar-refractivity contribution >= 4 is 11.9 Å². The number of piperidine rings is 1. The maximum absolute atomic E-state index is 12.5. The van der Waals surface area contributed by atoms with Crippen LogP contribution in [-0.4, -0.2) is 36.6 Å². The molecule has 0 aromatic heterocycles. The third-order valence-electron chi connectivity index (χ3n) is 5.32. The second-order valence-corrected chi connectivity index (χ2v) is 6.36. The van der Waals surface area contributed by atoms with E-state index < -0.39 is 11.4 Å². The highest BCUT2D eigenvalue weighted by Crippen LogP contribution is 2.38. The summed E-state index contributed by atoms with van der Waals surface area (Å²) in [6, 6.07) is 0. The molecule has 3 N–H and O–H groups in total. The molecule has 2 fully saturated rings. The number of carboxylic acid groups (broad SMARTS) is 1. The first-order chi connectivity index (χ1) is 9.55. The second-order valence-electron chi connectivity index (χ2n) is 6.36. The number of carbonyl (C=O) groups is 2. The Bertz CT molecular complexity index is 369. The Labute approximate surface area is 120 Å². The number of aliphatic carboxylic acids is 1. The number of nitrogens with one attached hydrogen (secondary N) is 2. The van der Waals surface area contributed by atoms with Crippen LogP contribution in [0.4, 0.5) is 0 Å². The van der Waals surface area contributed by atoms with Gasteiger partial charge in [0.05, 0.1) is 10.8 Å². The predicted molar refractivity (Wildman–Crippen MR) is 76.4 cm³/mol. The average molecular weight is 282 g/mol. The average Bonchev–Trinajstić information content (AvgIpc) is 2.95. The van der Waals surface area contributed by atoms with Crippen LogP contribution < -0.4 is 10.6 Å². The van der Waals surface area contributed by atoms with Crippen LogP contribution >= 0.6 is 0 Å². The van der Waals surface area contributed by atoms with E-state index in [0.29, 0.717) is 12.8 Å². The first kappa shape index (κ1) is 15.3. The molecule has 1 saturated heterocycles. The summed E-state index contributed by atoms with van der Waals surface area (Å²) in [7, 11) is 0. The summed E-state index contributed by atoms with van der Waals surface area (Å²) in [6.07, 6.45) is 5.77. The van der Waals surface area contributed by atoms with Crippen LogP contribution in [0.15, 0.2) is 0 Å². The Hall–Kier alpha value is -1.10. The molecule has 0 aromatic rings. The lowest BCUT2D eigenvalue weighted by atomic mass is 9.75. The highest BCUT2D eigenvalue weighted by molar-refractivity contribution is 5.84. The lowest BCUT2D eigenvalue weighted by Crippen LogP contribution is -2.50. The van der Waals surface area contributed by atoms with E-state index in [1.165, 1.54) is 0 Å². The quantitative estimate of drug-likeness (QED) is 0.714. The van der Waals surface area contributed by atoms with Gasteiger partial charge in [0.2, 0.25) is 5.91 Å². The molecule has 0 aromatic carbocycles. The van der Waals surface area contributed by atoms with E-state index in [9.17, 15) is 14.7 Å². The van der Waals surface area contributed by atoms with Gasteiger partial charge in [-0.3, -0.25) is 9.59 Å². The molecule has 0 spiro atoms. The van der Waals surface area contributed by atoms with E-state index in [1.807, 2.05) is 6.92 Å². The van der Waals surface area contributed by atoms with Gasteiger partial charge in [0, 0.05) is 6.54 Å². The van der Waals surface area contributed by atoms with Gasteiger partial charge in [0.15, 0.2) is 0 Å². The minimum Gasteiger partial charge on any atom is -0.481 e. The molecule has 1 amide bonds. The molecule has 0 bridgehead atoms. The number of hydrogen-bond donors (Lipinski definition) is 3. The summed E-state index contributed by atoms with van der Waals surface area (Å²) in [5, 5.41) is 15.7. The molecule has 0 unspecified atom stereocenters. The van der Waals surface area contributed by atoms with Gasteiger partial charge in [-0.1, -0.05) is 19.8 Å². The molecule has 114 valence electrons. The van der Waals surface area contributed by atoms with Crippen molar-refractivity contribution in [1.29, 1.82) is 0 Å². The third kappa shape index (κ3) is 2.82. The van der Waals surface area contributed by atoms with Gasteiger partial charge >= 0.3 is 5.97 Å². The van der Waals surface area contributed by atoms with E-state index in [2.05, 4.69) is 10.6 Å². The Morgan fingerprint density at radius 1 is 1.10 bits per heavy atom. The van der Waals surface area contributed by atoms with Gasteiger partial charge in [-0.15, -0.1) is 0 Å². The van der Waals surface area contributed by atoms with Crippen LogP contribution in [0.3, 0.4) is 0 Å². The number of hydrogen-bond acceptors (Lipinski definition) is 3. The van der Waals surface area contributed by atoms with Crippen LogP contribution in [0.1, 0.15) is 51.9 Å². The summed E-state index contributed by atoms with van der Waals surface area (Å²) >= 11 is 0. The summed E-state index contributed by atoms with van der Waals surface area (Å²) < 4.78 is 0. The molecule has 20 heavy (non-hydrogen) atoms. The van der Waals surface area contributed by atoms with Gasteiger partial charge in [0.1, 0.15) is 0 Å². The van der Waals surface area contributed by atoms with Crippen LogP contribution in [0, 0.1) is 10.8 Å². The van der Waals surface area contributed by atoms with Crippen LogP contribution in [0.2, 0.25) is 0 Å². The normalized spacial score (nSPS) is 24.2. The standard InChI is InChI=1S/C15H26N2O3/c1-2-14(7-9-16-10-8-14)12(18)17-11-15(13(19)20)5-3-4-6-15/h16H,2-11H2,1H3,(H,17,18)(H,19,20). The van der Waals surface area contributed by atoms with Crippen molar-refractivity contribution in [2.24, 2.45) is 10.8 Å². The van der Waals surface area contributed by atoms with E-state index >= 15 is 0 Å². The van der Waals surface area contributed by atoms with Crippen molar-refractivity contribution in [2.75, 3.05) is 19.6 Å². The van der Waals surface area contributed by atoms with Crippen molar-refractivity contribution in [3.63, 3.8) is 0 Å². The Balaban J connectivity index is 1.98. The minimum absolute atomic E-state index is 0.0500. The lowest BCUT2D eigenvalue weighted by molar-refractivity contribution is -0.149.